The van der Waals surface area contributed by atoms with Crippen LogP contribution in [0, 0.1) is 5.82 Å². The maximum atomic E-state index is 13.4. The average Bonchev–Trinajstić information content (AvgIpc) is 3.03. The van der Waals surface area contributed by atoms with Gasteiger partial charge in [0.15, 0.2) is 0 Å². The molecule has 0 spiro atoms. The van der Waals surface area contributed by atoms with E-state index in [-0.39, 0.29) is 30.8 Å². The Hall–Kier alpha value is -3.86. The minimum absolute atomic E-state index is 0. The van der Waals surface area contributed by atoms with Crippen LogP contribution in [-0.2, 0) is 6.61 Å². The van der Waals surface area contributed by atoms with Gasteiger partial charge in [0.2, 0.25) is 17.8 Å². The molecule has 0 bridgehead atoms. The minimum atomic E-state index is -0.318. The van der Waals surface area contributed by atoms with E-state index in [0.29, 0.717) is 33.4 Å². The Morgan fingerprint density at radius 3 is 2.38 bits per heavy atom. The maximum absolute atomic E-state index is 13.4. The quantitative estimate of drug-likeness (QED) is 0.115. The number of nitrogens with zero attached hydrogens (tertiary/aromatic N) is 6. The topological polar surface area (TPSA) is 90.8 Å². The highest BCUT2D eigenvalue weighted by atomic mass is 35.5. The molecule has 1 fully saturated rings. The van der Waals surface area contributed by atoms with Crippen molar-refractivity contribution in [3.63, 3.8) is 0 Å². The molecular weight excluding hydrogens is 638 g/mol. The number of halogens is 4. The zero-order chi connectivity index (χ0) is 30.9. The molecule has 4 aromatic rings. The molecule has 0 radical (unpaired) electrons. The lowest BCUT2D eigenvalue weighted by atomic mass is 10.1. The normalized spacial score (nSPS) is 13.0. The zero-order valence-electron chi connectivity index (χ0n) is 25.1. The molecule has 0 unspecified atom stereocenters. The molecule has 2 heterocycles. The standard InChI is InChI=1S/C32H35Cl2FN8O.ClH/c1-3-42(4-2)27-15-9-22(29(19-27)44-21-23-8-10-24(33)18-28(23)34)20-36-41-31-38-30(37-26-13-11-25(35)12-14-26)39-32(40-31)43-16-6-5-7-17-43;/h8-15,18-20H,3-7,16-17,21H2,1-2H3,(H2,37,38,39,40,41);1H. The molecule has 5 rings (SSSR count). The van der Waals surface area contributed by atoms with Gasteiger partial charge in [-0.2, -0.15) is 20.1 Å². The van der Waals surface area contributed by atoms with Crippen LogP contribution in [0.5, 0.6) is 5.75 Å². The zero-order valence-corrected chi connectivity index (χ0v) is 27.5. The number of anilines is 5. The number of ether oxygens (including phenoxy) is 1. The van der Waals surface area contributed by atoms with E-state index >= 15 is 0 Å². The molecule has 0 amide bonds. The van der Waals surface area contributed by atoms with E-state index in [9.17, 15) is 4.39 Å². The van der Waals surface area contributed by atoms with Crippen LogP contribution in [0.25, 0.3) is 0 Å². The molecule has 13 heteroatoms. The molecule has 238 valence electrons. The Bertz CT molecular complexity index is 1580. The third kappa shape index (κ3) is 9.32. The number of benzene rings is 3. The van der Waals surface area contributed by atoms with Gasteiger partial charge in [-0.3, -0.25) is 0 Å². The van der Waals surface area contributed by atoms with Gasteiger partial charge in [0.05, 0.1) is 6.21 Å². The monoisotopic (exact) mass is 672 g/mol. The third-order valence-corrected chi connectivity index (χ3v) is 7.84. The van der Waals surface area contributed by atoms with Crippen molar-refractivity contribution in [3.05, 3.63) is 87.7 Å². The smallest absolute Gasteiger partial charge is 0.250 e. The van der Waals surface area contributed by atoms with Crippen molar-refractivity contribution in [1.82, 2.24) is 15.0 Å². The summed E-state index contributed by atoms with van der Waals surface area (Å²) in [6, 6.07) is 17.4. The van der Waals surface area contributed by atoms with E-state index in [1.54, 1.807) is 30.5 Å². The molecule has 1 aromatic heterocycles. The number of hydrogen-bond acceptors (Lipinski definition) is 9. The van der Waals surface area contributed by atoms with Crippen LogP contribution >= 0.6 is 35.6 Å². The van der Waals surface area contributed by atoms with Crippen molar-refractivity contribution in [2.24, 2.45) is 5.10 Å². The Morgan fingerprint density at radius 1 is 0.933 bits per heavy atom. The summed E-state index contributed by atoms with van der Waals surface area (Å²) in [4.78, 5) is 18.1. The summed E-state index contributed by atoms with van der Waals surface area (Å²) in [5.41, 5.74) is 6.24. The third-order valence-electron chi connectivity index (χ3n) is 7.26. The summed E-state index contributed by atoms with van der Waals surface area (Å²) in [7, 11) is 0. The predicted molar refractivity (Wildman–Crippen MR) is 185 cm³/mol. The second-order valence-corrected chi connectivity index (χ2v) is 11.1. The van der Waals surface area contributed by atoms with Crippen LogP contribution in [0.2, 0.25) is 10.0 Å². The van der Waals surface area contributed by atoms with E-state index < -0.39 is 0 Å². The molecular formula is C32H36Cl3FN8O. The highest BCUT2D eigenvalue weighted by Gasteiger charge is 2.17. The SMILES string of the molecule is CCN(CC)c1ccc(C=NNc2nc(Nc3ccc(F)cc3)nc(N3CCCCC3)n2)c(OCc2ccc(Cl)cc2Cl)c1.Cl. The number of rotatable bonds is 12. The lowest BCUT2D eigenvalue weighted by Gasteiger charge is -2.26. The summed E-state index contributed by atoms with van der Waals surface area (Å²) >= 11 is 12.5. The Kier molecular flexibility index (Phi) is 12.4. The lowest BCUT2D eigenvalue weighted by molar-refractivity contribution is 0.306. The van der Waals surface area contributed by atoms with Gasteiger partial charge >= 0.3 is 0 Å². The van der Waals surface area contributed by atoms with Crippen molar-refractivity contribution in [3.8, 4) is 5.75 Å². The van der Waals surface area contributed by atoms with E-state index in [4.69, 9.17) is 27.9 Å². The first kappa shape index (κ1) is 34.0. The molecule has 3 aromatic carbocycles. The van der Waals surface area contributed by atoms with Gasteiger partial charge in [-0.1, -0.05) is 29.3 Å². The molecule has 1 aliphatic heterocycles. The van der Waals surface area contributed by atoms with Gasteiger partial charge in [-0.05, 0) is 81.6 Å². The lowest BCUT2D eigenvalue weighted by Crippen LogP contribution is -2.31. The molecule has 0 atom stereocenters. The predicted octanol–water partition coefficient (Wildman–Crippen LogP) is 8.34. The summed E-state index contributed by atoms with van der Waals surface area (Å²) in [6.45, 7) is 7.94. The number of hydrazone groups is 1. The summed E-state index contributed by atoms with van der Waals surface area (Å²) in [5.74, 6) is 1.49. The van der Waals surface area contributed by atoms with Crippen LogP contribution in [0.3, 0.4) is 0 Å². The molecule has 45 heavy (non-hydrogen) atoms. The molecule has 0 saturated carbocycles. The van der Waals surface area contributed by atoms with E-state index in [2.05, 4.69) is 54.4 Å². The van der Waals surface area contributed by atoms with Crippen molar-refractivity contribution < 1.29 is 9.13 Å². The Morgan fingerprint density at radius 2 is 1.67 bits per heavy atom. The second-order valence-electron chi connectivity index (χ2n) is 10.3. The number of nitrogens with one attached hydrogen (secondary N) is 2. The van der Waals surface area contributed by atoms with Crippen molar-refractivity contribution in [1.29, 1.82) is 0 Å². The second kappa shape index (κ2) is 16.5. The minimum Gasteiger partial charge on any atom is -0.488 e. The average molecular weight is 674 g/mol. The maximum Gasteiger partial charge on any atom is 0.250 e. The van der Waals surface area contributed by atoms with Crippen LogP contribution in [-0.4, -0.2) is 47.3 Å². The van der Waals surface area contributed by atoms with Gasteiger partial charge in [0.25, 0.3) is 0 Å². The van der Waals surface area contributed by atoms with Gasteiger partial charge < -0.3 is 19.9 Å². The van der Waals surface area contributed by atoms with Crippen LogP contribution in [0.15, 0.2) is 65.8 Å². The first-order chi connectivity index (χ1) is 21.4. The number of hydrogen-bond donors (Lipinski definition) is 2. The largest absolute Gasteiger partial charge is 0.488 e. The van der Waals surface area contributed by atoms with E-state index in [0.717, 1.165) is 55.8 Å². The molecule has 0 aliphatic carbocycles. The fourth-order valence-electron chi connectivity index (χ4n) is 4.86. The summed E-state index contributed by atoms with van der Waals surface area (Å²) in [6.07, 6.45) is 4.99. The molecule has 1 aliphatic rings. The molecule has 9 nitrogen and oxygen atoms in total. The van der Waals surface area contributed by atoms with E-state index in [1.807, 2.05) is 24.3 Å². The highest BCUT2D eigenvalue weighted by molar-refractivity contribution is 6.35. The number of aromatic nitrogens is 3. The van der Waals surface area contributed by atoms with Crippen molar-refractivity contribution in [2.45, 2.75) is 39.7 Å². The first-order valence-corrected chi connectivity index (χ1v) is 15.5. The molecule has 1 saturated heterocycles. The summed E-state index contributed by atoms with van der Waals surface area (Å²) in [5, 5.41) is 8.71. The fraction of sp³-hybridized carbons (Fsp3) is 0.312. The number of piperidine rings is 1. The molecule has 2 N–H and O–H groups in total. The van der Waals surface area contributed by atoms with Crippen LogP contribution < -0.4 is 25.3 Å². The van der Waals surface area contributed by atoms with E-state index in [1.165, 1.54) is 18.6 Å². The Labute approximate surface area is 279 Å². The van der Waals surface area contributed by atoms with Gasteiger partial charge in [-0.25, -0.2) is 9.82 Å². The van der Waals surface area contributed by atoms with Gasteiger partial charge in [0.1, 0.15) is 18.2 Å². The first-order valence-electron chi connectivity index (χ1n) is 14.7. The van der Waals surface area contributed by atoms with Crippen LogP contribution in [0.4, 0.5) is 33.6 Å². The van der Waals surface area contributed by atoms with Crippen LogP contribution in [0.1, 0.15) is 44.2 Å². The highest BCUT2D eigenvalue weighted by Crippen LogP contribution is 2.28. The summed E-state index contributed by atoms with van der Waals surface area (Å²) < 4.78 is 19.7. The van der Waals surface area contributed by atoms with Crippen molar-refractivity contribution in [2.75, 3.05) is 46.7 Å². The van der Waals surface area contributed by atoms with Gasteiger partial charge in [0, 0.05) is 64.8 Å². The Balaban J connectivity index is 0.00000461. The fourth-order valence-corrected chi connectivity index (χ4v) is 5.33. The van der Waals surface area contributed by atoms with Gasteiger partial charge in [-0.15, -0.1) is 12.4 Å². The van der Waals surface area contributed by atoms with Crippen molar-refractivity contribution >= 4 is 71.0 Å².